The molecule has 0 amide bonds. The molecule has 4 rings (SSSR count). The van der Waals surface area contributed by atoms with Crippen molar-refractivity contribution in [1.29, 1.82) is 0 Å². The highest BCUT2D eigenvalue weighted by molar-refractivity contribution is 5.73. The Labute approximate surface area is 113 Å². The maximum absolute atomic E-state index is 10.1. The summed E-state index contributed by atoms with van der Waals surface area (Å²) in [5.74, 6) is 2.18. The van der Waals surface area contributed by atoms with Crippen molar-refractivity contribution >= 4 is 5.57 Å². The Bertz CT molecular complexity index is 546. The molecular formula is C17H20O2. The van der Waals surface area contributed by atoms with Gasteiger partial charge in [0.15, 0.2) is 0 Å². The summed E-state index contributed by atoms with van der Waals surface area (Å²) in [5.41, 5.74) is 4.12. The van der Waals surface area contributed by atoms with Crippen LogP contribution >= 0.6 is 0 Å². The van der Waals surface area contributed by atoms with Gasteiger partial charge in [-0.05, 0) is 78.7 Å². The largest absolute Gasteiger partial charge is 0.508 e. The van der Waals surface area contributed by atoms with Crippen molar-refractivity contribution in [1.82, 2.24) is 0 Å². The Morgan fingerprint density at radius 3 is 2.84 bits per heavy atom. The van der Waals surface area contributed by atoms with Gasteiger partial charge in [-0.25, -0.2) is 0 Å². The first kappa shape index (κ1) is 11.5. The van der Waals surface area contributed by atoms with Crippen LogP contribution in [0.15, 0.2) is 24.3 Å². The number of hydrogen-bond acceptors (Lipinski definition) is 2. The van der Waals surface area contributed by atoms with E-state index >= 15 is 0 Å². The molecule has 100 valence electrons. The lowest BCUT2D eigenvalue weighted by Crippen LogP contribution is -2.31. The van der Waals surface area contributed by atoms with Gasteiger partial charge in [-0.15, -0.1) is 0 Å². The van der Waals surface area contributed by atoms with E-state index in [0.717, 1.165) is 19.3 Å². The Morgan fingerprint density at radius 2 is 1.95 bits per heavy atom. The predicted octanol–water partition coefficient (Wildman–Crippen LogP) is 3.13. The molecule has 3 aliphatic carbocycles. The summed E-state index contributed by atoms with van der Waals surface area (Å²) in [4.78, 5) is 0. The molecule has 0 saturated heterocycles. The highest BCUT2D eigenvalue weighted by Crippen LogP contribution is 2.52. The first-order valence-electron chi connectivity index (χ1n) is 7.44. The number of aliphatic hydroxyl groups is 1. The molecule has 2 N–H and O–H groups in total. The smallest absolute Gasteiger partial charge is 0.115 e. The van der Waals surface area contributed by atoms with Crippen LogP contribution in [0.3, 0.4) is 0 Å². The molecule has 2 nitrogen and oxygen atoms in total. The van der Waals surface area contributed by atoms with Crippen LogP contribution in [-0.4, -0.2) is 16.3 Å². The summed E-state index contributed by atoms with van der Waals surface area (Å²) >= 11 is 0. The Hall–Kier alpha value is -1.28. The topological polar surface area (TPSA) is 40.5 Å². The van der Waals surface area contributed by atoms with Crippen LogP contribution in [-0.2, 0) is 6.42 Å². The minimum atomic E-state index is -0.0796. The molecule has 0 aromatic heterocycles. The fourth-order valence-electron chi connectivity index (χ4n) is 4.61. The number of aromatic hydroxyl groups is 1. The van der Waals surface area contributed by atoms with Gasteiger partial charge in [0, 0.05) is 0 Å². The van der Waals surface area contributed by atoms with Gasteiger partial charge in [0.1, 0.15) is 5.75 Å². The van der Waals surface area contributed by atoms with Crippen molar-refractivity contribution < 1.29 is 10.2 Å². The number of aryl methyl sites for hydroxylation is 1. The molecule has 0 radical (unpaired) electrons. The van der Waals surface area contributed by atoms with Gasteiger partial charge < -0.3 is 10.2 Å². The molecule has 0 bridgehead atoms. The zero-order chi connectivity index (χ0) is 13.0. The molecule has 2 heteroatoms. The second-order valence-electron chi connectivity index (χ2n) is 6.35. The van der Waals surface area contributed by atoms with E-state index in [1.807, 2.05) is 6.07 Å². The van der Waals surface area contributed by atoms with Crippen LogP contribution in [0.25, 0.3) is 5.57 Å². The first-order valence-corrected chi connectivity index (χ1v) is 7.44. The van der Waals surface area contributed by atoms with Crippen molar-refractivity contribution in [3.63, 3.8) is 0 Å². The van der Waals surface area contributed by atoms with Crippen LogP contribution in [0, 0.1) is 17.8 Å². The van der Waals surface area contributed by atoms with Gasteiger partial charge in [0.05, 0.1) is 6.10 Å². The summed E-state index contributed by atoms with van der Waals surface area (Å²) in [5, 5.41) is 19.7. The number of phenolic OH excluding ortho intramolecular Hbond substituents is 1. The summed E-state index contributed by atoms with van der Waals surface area (Å²) in [7, 11) is 0. The number of aliphatic hydroxyl groups excluding tert-OH is 1. The van der Waals surface area contributed by atoms with Gasteiger partial charge >= 0.3 is 0 Å². The van der Waals surface area contributed by atoms with E-state index in [1.54, 1.807) is 6.07 Å². The third-order valence-corrected chi connectivity index (χ3v) is 5.49. The summed E-state index contributed by atoms with van der Waals surface area (Å²) in [6, 6.07) is 5.80. The second-order valence-corrected chi connectivity index (χ2v) is 6.35. The van der Waals surface area contributed by atoms with E-state index in [0.29, 0.717) is 23.5 Å². The fraction of sp³-hybridized carbons (Fsp3) is 0.529. The highest BCUT2D eigenvalue weighted by atomic mass is 16.3. The number of benzene rings is 1. The number of phenols is 1. The molecule has 0 spiro atoms. The van der Waals surface area contributed by atoms with Gasteiger partial charge in [0.2, 0.25) is 0 Å². The standard InChI is InChI=1S/C17H20O2/c18-11-2-4-12-10(9-11)1-3-14-13(12)5-6-16-15(14)7-8-17(16)19/h2,4-5,9,14-19H,1,3,6-8H2. The minimum absolute atomic E-state index is 0.0796. The van der Waals surface area contributed by atoms with E-state index in [2.05, 4.69) is 12.1 Å². The van der Waals surface area contributed by atoms with E-state index < -0.39 is 0 Å². The van der Waals surface area contributed by atoms with E-state index in [4.69, 9.17) is 0 Å². The average molecular weight is 256 g/mol. The third-order valence-electron chi connectivity index (χ3n) is 5.49. The molecule has 0 heterocycles. The van der Waals surface area contributed by atoms with Crippen molar-refractivity contribution in [2.45, 2.75) is 38.2 Å². The van der Waals surface area contributed by atoms with Gasteiger partial charge in [-0.2, -0.15) is 0 Å². The Kier molecular flexibility index (Phi) is 2.49. The Morgan fingerprint density at radius 1 is 1.05 bits per heavy atom. The van der Waals surface area contributed by atoms with Crippen LogP contribution in [0.2, 0.25) is 0 Å². The zero-order valence-electron chi connectivity index (χ0n) is 11.0. The predicted molar refractivity (Wildman–Crippen MR) is 74.7 cm³/mol. The lowest BCUT2D eigenvalue weighted by molar-refractivity contribution is 0.106. The number of rotatable bonds is 0. The molecule has 3 aliphatic rings. The summed E-state index contributed by atoms with van der Waals surface area (Å²) < 4.78 is 0. The lowest BCUT2D eigenvalue weighted by Gasteiger charge is -2.39. The van der Waals surface area contributed by atoms with Crippen molar-refractivity contribution in [2.24, 2.45) is 17.8 Å². The Balaban J connectivity index is 1.76. The van der Waals surface area contributed by atoms with Gasteiger partial charge in [0.25, 0.3) is 0 Å². The van der Waals surface area contributed by atoms with E-state index in [-0.39, 0.29) is 6.10 Å². The minimum Gasteiger partial charge on any atom is -0.508 e. The van der Waals surface area contributed by atoms with Gasteiger partial charge in [-0.3, -0.25) is 0 Å². The van der Waals surface area contributed by atoms with Crippen LogP contribution in [0.5, 0.6) is 5.75 Å². The molecular weight excluding hydrogens is 236 g/mol. The maximum Gasteiger partial charge on any atom is 0.115 e. The zero-order valence-corrected chi connectivity index (χ0v) is 11.0. The number of hydrogen-bond donors (Lipinski definition) is 2. The number of fused-ring (bicyclic) bond motifs is 5. The monoisotopic (exact) mass is 256 g/mol. The first-order chi connectivity index (χ1) is 9.24. The maximum atomic E-state index is 10.1. The molecule has 19 heavy (non-hydrogen) atoms. The summed E-state index contributed by atoms with van der Waals surface area (Å²) in [6.45, 7) is 0. The summed E-state index contributed by atoms with van der Waals surface area (Å²) in [6.07, 6.45) is 7.70. The van der Waals surface area contributed by atoms with Crippen molar-refractivity contribution in [2.75, 3.05) is 0 Å². The van der Waals surface area contributed by atoms with Crippen LogP contribution < -0.4 is 0 Å². The molecule has 0 aliphatic heterocycles. The average Bonchev–Trinajstić information content (AvgIpc) is 2.80. The van der Waals surface area contributed by atoms with Crippen molar-refractivity contribution in [3.05, 3.63) is 35.4 Å². The van der Waals surface area contributed by atoms with Crippen molar-refractivity contribution in [3.8, 4) is 5.75 Å². The molecule has 1 aromatic carbocycles. The SMILES string of the molecule is Oc1ccc2c(c1)CCC1C2=CCC2C(O)CCC12. The number of allylic oxidation sites excluding steroid dienone is 2. The van der Waals surface area contributed by atoms with Gasteiger partial charge in [-0.1, -0.05) is 12.1 Å². The molecule has 4 atom stereocenters. The van der Waals surface area contributed by atoms with E-state index in [9.17, 15) is 10.2 Å². The molecule has 1 fully saturated rings. The van der Waals surface area contributed by atoms with Crippen LogP contribution in [0.4, 0.5) is 0 Å². The quantitative estimate of drug-likeness (QED) is 0.748. The lowest BCUT2D eigenvalue weighted by atomic mass is 9.66. The van der Waals surface area contributed by atoms with E-state index in [1.165, 1.54) is 29.5 Å². The highest BCUT2D eigenvalue weighted by Gasteiger charge is 2.43. The fourth-order valence-corrected chi connectivity index (χ4v) is 4.61. The molecule has 1 saturated carbocycles. The second kappa shape index (κ2) is 4.11. The normalized spacial score (nSPS) is 36.2. The van der Waals surface area contributed by atoms with Crippen LogP contribution in [0.1, 0.15) is 36.8 Å². The molecule has 4 unspecified atom stereocenters. The third kappa shape index (κ3) is 1.66. The molecule has 1 aromatic rings.